The molecule has 0 unspecified atom stereocenters. The van der Waals surface area contributed by atoms with Crippen molar-refractivity contribution >= 4 is 22.6 Å². The lowest BCUT2D eigenvalue weighted by Crippen LogP contribution is -2.28. The normalized spacial score (nSPS) is 10.4. The molecule has 2 rings (SSSR count). The molecule has 1 aromatic heterocycles. The first-order chi connectivity index (χ1) is 7.70. The second-order valence-electron chi connectivity index (χ2n) is 3.70. The van der Waals surface area contributed by atoms with Crippen molar-refractivity contribution in [1.29, 1.82) is 0 Å². The molecule has 16 heavy (non-hydrogen) atoms. The number of rotatable bonds is 2. The minimum atomic E-state index is -0.172. The molecule has 3 N–H and O–H groups in total. The molecule has 0 bridgehead atoms. The monoisotopic (exact) mass is 217 g/mol. The van der Waals surface area contributed by atoms with E-state index in [1.165, 1.54) is 0 Å². The van der Waals surface area contributed by atoms with E-state index in [2.05, 4.69) is 15.6 Å². The van der Waals surface area contributed by atoms with Crippen LogP contribution in [0.3, 0.4) is 0 Å². The Morgan fingerprint density at radius 3 is 3.00 bits per heavy atom. The summed E-state index contributed by atoms with van der Waals surface area (Å²) in [5, 5.41) is 6.57. The molecule has 0 atom stereocenters. The van der Waals surface area contributed by atoms with E-state index in [4.69, 9.17) is 0 Å². The van der Waals surface area contributed by atoms with E-state index in [1.807, 2.05) is 38.1 Å². The fraction of sp³-hybridized carbons (Fsp3) is 0.250. The van der Waals surface area contributed by atoms with E-state index in [0.717, 1.165) is 22.3 Å². The van der Waals surface area contributed by atoms with Crippen LogP contribution in [0.2, 0.25) is 0 Å². The molecule has 0 saturated carbocycles. The Morgan fingerprint density at radius 2 is 2.25 bits per heavy atom. The number of hydrogen-bond acceptors (Lipinski definition) is 1. The summed E-state index contributed by atoms with van der Waals surface area (Å²) in [5.41, 5.74) is 2.94. The number of nitrogens with one attached hydrogen (secondary N) is 3. The van der Waals surface area contributed by atoms with Gasteiger partial charge in [0.05, 0.1) is 5.69 Å². The summed E-state index contributed by atoms with van der Waals surface area (Å²) in [6.07, 6.45) is 0. The standard InChI is InChI=1S/C12H15N3O/c1-3-13-12(16)15-11-6-4-5-10-9(11)7-8(2)14-10/h4-7,14H,3H2,1-2H3,(H2,13,15,16). The van der Waals surface area contributed by atoms with Crippen molar-refractivity contribution in [3.63, 3.8) is 0 Å². The van der Waals surface area contributed by atoms with Crippen LogP contribution < -0.4 is 10.6 Å². The van der Waals surface area contributed by atoms with Gasteiger partial charge in [-0.15, -0.1) is 0 Å². The molecule has 4 nitrogen and oxygen atoms in total. The van der Waals surface area contributed by atoms with Gasteiger partial charge in [0, 0.05) is 23.1 Å². The van der Waals surface area contributed by atoms with Gasteiger partial charge in [0.15, 0.2) is 0 Å². The number of anilines is 1. The molecular weight excluding hydrogens is 202 g/mol. The molecule has 0 fully saturated rings. The van der Waals surface area contributed by atoms with Crippen molar-refractivity contribution in [2.24, 2.45) is 0 Å². The van der Waals surface area contributed by atoms with E-state index in [1.54, 1.807) is 0 Å². The Hall–Kier alpha value is -1.97. The van der Waals surface area contributed by atoms with Gasteiger partial charge >= 0.3 is 6.03 Å². The number of aromatic nitrogens is 1. The molecule has 0 aliphatic carbocycles. The molecule has 2 amide bonds. The number of hydrogen-bond donors (Lipinski definition) is 3. The Kier molecular flexibility index (Phi) is 2.81. The van der Waals surface area contributed by atoms with Crippen LogP contribution in [-0.4, -0.2) is 17.6 Å². The second-order valence-corrected chi connectivity index (χ2v) is 3.70. The van der Waals surface area contributed by atoms with Gasteiger partial charge in [0.1, 0.15) is 0 Å². The number of amides is 2. The first-order valence-corrected chi connectivity index (χ1v) is 5.34. The second kappa shape index (κ2) is 4.26. The van der Waals surface area contributed by atoms with Gasteiger partial charge in [-0.2, -0.15) is 0 Å². The number of urea groups is 1. The summed E-state index contributed by atoms with van der Waals surface area (Å²) in [6.45, 7) is 4.50. The van der Waals surface area contributed by atoms with Crippen LogP contribution in [0.5, 0.6) is 0 Å². The number of benzene rings is 1. The third-order valence-corrected chi connectivity index (χ3v) is 2.38. The van der Waals surface area contributed by atoms with Crippen LogP contribution >= 0.6 is 0 Å². The average Bonchev–Trinajstić information content (AvgIpc) is 2.60. The lowest BCUT2D eigenvalue weighted by molar-refractivity contribution is 0.252. The Bertz CT molecular complexity index is 516. The third-order valence-electron chi connectivity index (χ3n) is 2.38. The lowest BCUT2D eigenvalue weighted by Gasteiger charge is -2.06. The van der Waals surface area contributed by atoms with Gasteiger partial charge in [0.25, 0.3) is 0 Å². The number of aryl methyl sites for hydroxylation is 1. The van der Waals surface area contributed by atoms with Crippen molar-refractivity contribution in [2.45, 2.75) is 13.8 Å². The molecule has 84 valence electrons. The molecule has 1 heterocycles. The van der Waals surface area contributed by atoms with Gasteiger partial charge in [0.2, 0.25) is 0 Å². The summed E-state index contributed by atoms with van der Waals surface area (Å²) in [6, 6.07) is 7.65. The van der Waals surface area contributed by atoms with Gasteiger partial charge < -0.3 is 15.6 Å². The SMILES string of the molecule is CCNC(=O)Nc1cccc2[nH]c(C)cc12. The molecular formula is C12H15N3O. The van der Waals surface area contributed by atoms with E-state index in [-0.39, 0.29) is 6.03 Å². The number of aromatic amines is 1. The minimum absolute atomic E-state index is 0.172. The molecule has 0 spiro atoms. The zero-order chi connectivity index (χ0) is 11.5. The van der Waals surface area contributed by atoms with Crippen LogP contribution in [0.15, 0.2) is 24.3 Å². The zero-order valence-electron chi connectivity index (χ0n) is 9.42. The maximum absolute atomic E-state index is 11.4. The molecule has 4 heteroatoms. The van der Waals surface area contributed by atoms with Crippen molar-refractivity contribution in [1.82, 2.24) is 10.3 Å². The van der Waals surface area contributed by atoms with Gasteiger partial charge in [-0.1, -0.05) is 6.07 Å². The highest BCUT2D eigenvalue weighted by Crippen LogP contribution is 2.23. The van der Waals surface area contributed by atoms with Gasteiger partial charge in [-0.05, 0) is 32.0 Å². The van der Waals surface area contributed by atoms with Crippen LogP contribution in [0, 0.1) is 6.92 Å². The van der Waals surface area contributed by atoms with E-state index in [0.29, 0.717) is 6.54 Å². The molecule has 0 radical (unpaired) electrons. The topological polar surface area (TPSA) is 56.9 Å². The maximum Gasteiger partial charge on any atom is 0.319 e. The van der Waals surface area contributed by atoms with Crippen LogP contribution in [0.1, 0.15) is 12.6 Å². The average molecular weight is 217 g/mol. The van der Waals surface area contributed by atoms with Crippen LogP contribution in [0.4, 0.5) is 10.5 Å². The summed E-state index contributed by atoms with van der Waals surface area (Å²) in [5.74, 6) is 0. The van der Waals surface area contributed by atoms with Crippen LogP contribution in [-0.2, 0) is 0 Å². The number of H-pyrrole nitrogens is 1. The van der Waals surface area contributed by atoms with Crippen molar-refractivity contribution in [2.75, 3.05) is 11.9 Å². The number of carbonyl (C=O) groups is 1. The first kappa shape index (κ1) is 10.5. The summed E-state index contributed by atoms with van der Waals surface area (Å²) in [4.78, 5) is 14.7. The smallest absolute Gasteiger partial charge is 0.319 e. The summed E-state index contributed by atoms with van der Waals surface area (Å²) in [7, 11) is 0. The Labute approximate surface area is 94.0 Å². The quantitative estimate of drug-likeness (QED) is 0.711. The predicted octanol–water partition coefficient (Wildman–Crippen LogP) is 2.62. The van der Waals surface area contributed by atoms with E-state index < -0.39 is 0 Å². The number of carbonyl (C=O) groups excluding carboxylic acids is 1. The fourth-order valence-electron chi connectivity index (χ4n) is 1.73. The Morgan fingerprint density at radius 1 is 1.44 bits per heavy atom. The van der Waals surface area contributed by atoms with Gasteiger partial charge in [-0.3, -0.25) is 0 Å². The van der Waals surface area contributed by atoms with E-state index in [9.17, 15) is 4.79 Å². The molecule has 1 aromatic carbocycles. The first-order valence-electron chi connectivity index (χ1n) is 5.34. The Balaban J connectivity index is 2.33. The largest absolute Gasteiger partial charge is 0.359 e. The minimum Gasteiger partial charge on any atom is -0.359 e. The lowest BCUT2D eigenvalue weighted by atomic mass is 10.2. The maximum atomic E-state index is 11.4. The molecule has 0 aliphatic rings. The van der Waals surface area contributed by atoms with Crippen LogP contribution in [0.25, 0.3) is 10.9 Å². The molecule has 2 aromatic rings. The predicted molar refractivity (Wildman–Crippen MR) is 65.7 cm³/mol. The van der Waals surface area contributed by atoms with E-state index >= 15 is 0 Å². The zero-order valence-corrected chi connectivity index (χ0v) is 9.42. The third kappa shape index (κ3) is 2.00. The highest BCUT2D eigenvalue weighted by atomic mass is 16.2. The highest BCUT2D eigenvalue weighted by molar-refractivity contribution is 6.00. The number of fused-ring (bicyclic) bond motifs is 1. The molecule has 0 saturated heterocycles. The van der Waals surface area contributed by atoms with Gasteiger partial charge in [-0.25, -0.2) is 4.79 Å². The summed E-state index contributed by atoms with van der Waals surface area (Å²) < 4.78 is 0. The summed E-state index contributed by atoms with van der Waals surface area (Å²) >= 11 is 0. The van der Waals surface area contributed by atoms with Crippen molar-refractivity contribution < 1.29 is 4.79 Å². The van der Waals surface area contributed by atoms with Crippen molar-refractivity contribution in [3.8, 4) is 0 Å². The van der Waals surface area contributed by atoms with Crippen molar-refractivity contribution in [3.05, 3.63) is 30.0 Å². The highest BCUT2D eigenvalue weighted by Gasteiger charge is 2.05. The fourth-order valence-corrected chi connectivity index (χ4v) is 1.73. The molecule has 0 aliphatic heterocycles.